The van der Waals surface area contributed by atoms with Gasteiger partial charge in [-0.25, -0.2) is 0 Å². The topological polar surface area (TPSA) is 74.6 Å². The Balaban J connectivity index is 0.000001000. The Bertz CT molecular complexity index is 236. The Morgan fingerprint density at radius 2 is 1.18 bits per heavy atom. The van der Waals surface area contributed by atoms with Crippen molar-refractivity contribution in [2.75, 3.05) is 0 Å². The summed E-state index contributed by atoms with van der Waals surface area (Å²) in [4.78, 5) is 20.9. The van der Waals surface area contributed by atoms with Crippen LogP contribution in [0.3, 0.4) is 0 Å². The fraction of sp³-hybridized carbons (Fsp3) is 0. The number of ketones is 2. The first kappa shape index (κ1) is 9.64. The molecule has 0 heterocycles. The van der Waals surface area contributed by atoms with Crippen LogP contribution in [0.15, 0.2) is 23.7 Å². The monoisotopic (exact) mass is 168 g/mol. The van der Waals surface area contributed by atoms with Gasteiger partial charge in [0, 0.05) is 23.1 Å². The van der Waals surface area contributed by atoms with Gasteiger partial charge in [0.2, 0.25) is 11.6 Å². The first-order chi connectivity index (χ1) is 4.61. The summed E-state index contributed by atoms with van der Waals surface area (Å²) in [5.74, 6) is -2.78. The molecule has 0 bridgehead atoms. The molecule has 2 N–H and O–H groups in total. The fourth-order valence-corrected chi connectivity index (χ4v) is 0.538. The summed E-state index contributed by atoms with van der Waals surface area (Å²) in [6.07, 6.45) is 1.36. The van der Waals surface area contributed by atoms with Crippen molar-refractivity contribution in [3.05, 3.63) is 23.7 Å². The van der Waals surface area contributed by atoms with Crippen molar-refractivity contribution in [2.24, 2.45) is 0 Å². The number of carbonyl (C=O) groups excluding carboxylic acids is 2. The lowest BCUT2D eigenvalue weighted by molar-refractivity contribution is -0.118. The van der Waals surface area contributed by atoms with Crippen LogP contribution in [0.1, 0.15) is 0 Å². The minimum atomic E-state index is -0.753. The Hall–Kier alpha value is -1.36. The molecule has 1 rings (SSSR count). The molecule has 0 aromatic carbocycles. The van der Waals surface area contributed by atoms with Gasteiger partial charge < -0.3 is 10.2 Å². The molecule has 0 aliphatic heterocycles. The molecule has 0 amide bonds. The summed E-state index contributed by atoms with van der Waals surface area (Å²) in [6.45, 7) is 0. The molecule has 56 valence electrons. The molecule has 5 heteroatoms. The van der Waals surface area contributed by atoms with Crippen molar-refractivity contribution in [3.63, 3.8) is 0 Å². The van der Waals surface area contributed by atoms with Crippen LogP contribution >= 0.6 is 0 Å². The Morgan fingerprint density at radius 3 is 1.45 bits per heavy atom. The maximum absolute atomic E-state index is 10.4. The van der Waals surface area contributed by atoms with E-state index in [0.717, 1.165) is 0 Å². The van der Waals surface area contributed by atoms with Crippen LogP contribution in [0.2, 0.25) is 0 Å². The average molecular weight is 168 g/mol. The van der Waals surface area contributed by atoms with Gasteiger partial charge >= 0.3 is 0 Å². The van der Waals surface area contributed by atoms with Crippen LogP contribution in [0.4, 0.5) is 0 Å². The molecule has 11 heavy (non-hydrogen) atoms. The average Bonchev–Trinajstić information content (AvgIpc) is 1.84. The smallest absolute Gasteiger partial charge is 0.224 e. The van der Waals surface area contributed by atoms with Crippen molar-refractivity contribution in [1.82, 2.24) is 0 Å². The minimum absolute atomic E-state index is 0. The molecule has 0 aromatic rings. The van der Waals surface area contributed by atoms with E-state index in [9.17, 15) is 9.59 Å². The van der Waals surface area contributed by atoms with E-state index >= 15 is 0 Å². The summed E-state index contributed by atoms with van der Waals surface area (Å²) in [5, 5.41) is 17.2. The van der Waals surface area contributed by atoms with E-state index in [1.54, 1.807) is 0 Å². The number of hydrogen-bond donors (Lipinski definition) is 2. The van der Waals surface area contributed by atoms with Gasteiger partial charge in [0.05, 0.1) is 0 Å². The zero-order valence-corrected chi connectivity index (χ0v) is 6.37. The van der Waals surface area contributed by atoms with Gasteiger partial charge in [-0.15, -0.1) is 0 Å². The van der Waals surface area contributed by atoms with Crippen molar-refractivity contribution in [3.8, 4) is 0 Å². The molecule has 4 nitrogen and oxygen atoms in total. The highest BCUT2D eigenvalue weighted by atomic mass is 28.1. The van der Waals surface area contributed by atoms with E-state index in [-0.39, 0.29) is 11.0 Å². The highest BCUT2D eigenvalue weighted by Crippen LogP contribution is 2.05. The lowest BCUT2D eigenvalue weighted by atomic mass is 10.1. The van der Waals surface area contributed by atoms with E-state index < -0.39 is 23.1 Å². The summed E-state index contributed by atoms with van der Waals surface area (Å²) >= 11 is 0. The van der Waals surface area contributed by atoms with Crippen molar-refractivity contribution >= 4 is 22.5 Å². The molecular formula is C6H4O4Si. The number of hydrogen-bond acceptors (Lipinski definition) is 4. The third-order valence-corrected chi connectivity index (χ3v) is 1.04. The summed E-state index contributed by atoms with van der Waals surface area (Å²) in [5.41, 5.74) is 0. The second-order valence-corrected chi connectivity index (χ2v) is 1.79. The molecule has 0 spiro atoms. The van der Waals surface area contributed by atoms with Crippen molar-refractivity contribution < 1.29 is 19.8 Å². The predicted octanol–water partition coefficient (Wildman–Crippen LogP) is -0.359. The van der Waals surface area contributed by atoms with Gasteiger partial charge in [0.25, 0.3) is 0 Å². The van der Waals surface area contributed by atoms with E-state index in [2.05, 4.69) is 0 Å². The lowest BCUT2D eigenvalue weighted by Gasteiger charge is -2.00. The minimum Gasteiger partial charge on any atom is -0.504 e. The number of allylic oxidation sites excluding steroid dienone is 2. The second-order valence-electron chi connectivity index (χ2n) is 1.79. The van der Waals surface area contributed by atoms with Gasteiger partial charge in [-0.1, -0.05) is 0 Å². The highest BCUT2D eigenvalue weighted by molar-refractivity contribution is 6.17. The molecular weight excluding hydrogens is 164 g/mol. The summed E-state index contributed by atoms with van der Waals surface area (Å²) in [7, 11) is 0. The number of carbonyl (C=O) groups is 2. The Morgan fingerprint density at radius 1 is 0.909 bits per heavy atom. The van der Waals surface area contributed by atoms with E-state index in [1.165, 1.54) is 0 Å². The van der Waals surface area contributed by atoms with Crippen LogP contribution < -0.4 is 0 Å². The molecule has 0 saturated carbocycles. The molecule has 0 unspecified atom stereocenters. The Kier molecular flexibility index (Phi) is 2.76. The van der Waals surface area contributed by atoms with Gasteiger partial charge in [-0.2, -0.15) is 0 Å². The molecule has 0 aromatic heterocycles. The third-order valence-electron chi connectivity index (χ3n) is 1.04. The Labute approximate surface area is 66.9 Å². The van der Waals surface area contributed by atoms with E-state index in [0.29, 0.717) is 12.2 Å². The lowest BCUT2D eigenvalue weighted by Crippen LogP contribution is -2.12. The molecule has 0 fully saturated rings. The summed E-state index contributed by atoms with van der Waals surface area (Å²) < 4.78 is 0. The van der Waals surface area contributed by atoms with Crippen LogP contribution in [0.25, 0.3) is 0 Å². The first-order valence-corrected chi connectivity index (χ1v) is 2.51. The molecule has 0 atom stereocenters. The molecule has 4 radical (unpaired) electrons. The second kappa shape index (κ2) is 3.15. The van der Waals surface area contributed by atoms with Gasteiger partial charge in [-0.3, -0.25) is 9.59 Å². The quantitative estimate of drug-likeness (QED) is 0.382. The van der Waals surface area contributed by atoms with Crippen molar-refractivity contribution in [1.29, 1.82) is 0 Å². The zero-order valence-electron chi connectivity index (χ0n) is 5.37. The maximum atomic E-state index is 10.4. The van der Waals surface area contributed by atoms with Crippen molar-refractivity contribution in [2.45, 2.75) is 0 Å². The van der Waals surface area contributed by atoms with Gasteiger partial charge in [0.1, 0.15) is 0 Å². The number of rotatable bonds is 0. The van der Waals surface area contributed by atoms with Crippen LogP contribution in [0.5, 0.6) is 0 Å². The normalized spacial score (nSPS) is 16.7. The maximum Gasteiger partial charge on any atom is 0.224 e. The van der Waals surface area contributed by atoms with Gasteiger partial charge in [0.15, 0.2) is 11.5 Å². The molecule has 1 aliphatic rings. The predicted molar refractivity (Wildman–Crippen MR) is 37.2 cm³/mol. The standard InChI is InChI=1S/C6H4O4.Si/c7-3-1-4(8)6(10)2-5(3)9;/h1-2,7,10H;. The number of aliphatic hydroxyl groups is 2. The summed E-state index contributed by atoms with van der Waals surface area (Å²) in [6, 6.07) is 0. The first-order valence-electron chi connectivity index (χ1n) is 2.51. The number of aliphatic hydroxyl groups excluding tert-OH is 2. The van der Waals surface area contributed by atoms with Crippen LogP contribution in [0, 0.1) is 0 Å². The SMILES string of the molecule is O=C1C=C(O)C(=O)C=C1O.[Si]. The zero-order chi connectivity index (χ0) is 7.72. The van der Waals surface area contributed by atoms with E-state index in [4.69, 9.17) is 10.2 Å². The highest BCUT2D eigenvalue weighted by Gasteiger charge is 2.17. The molecule has 0 saturated heterocycles. The van der Waals surface area contributed by atoms with Gasteiger partial charge in [-0.05, 0) is 0 Å². The third kappa shape index (κ3) is 1.78. The van der Waals surface area contributed by atoms with Crippen LogP contribution in [-0.2, 0) is 9.59 Å². The van der Waals surface area contributed by atoms with Crippen LogP contribution in [-0.4, -0.2) is 32.7 Å². The molecule has 1 aliphatic carbocycles. The fourth-order valence-electron chi connectivity index (χ4n) is 0.538. The van der Waals surface area contributed by atoms with E-state index in [1.807, 2.05) is 0 Å². The largest absolute Gasteiger partial charge is 0.504 e.